The van der Waals surface area contributed by atoms with Gasteiger partial charge in [-0.2, -0.15) is 0 Å². The molecule has 1 saturated heterocycles. The molecule has 114 valence electrons. The highest BCUT2D eigenvalue weighted by Gasteiger charge is 2.33. The van der Waals surface area contributed by atoms with Crippen LogP contribution in [0.2, 0.25) is 0 Å². The predicted molar refractivity (Wildman–Crippen MR) is 72.4 cm³/mol. The number of carbonyl (C=O) groups is 2. The van der Waals surface area contributed by atoms with Crippen LogP contribution in [0.1, 0.15) is 10.4 Å². The monoisotopic (exact) mass is 303 g/mol. The number of carboxylic acid groups (broad SMARTS) is 1. The van der Waals surface area contributed by atoms with Crippen LogP contribution in [0.5, 0.6) is 0 Å². The number of carbonyl (C=O) groups excluding carboxylic acids is 1. The van der Waals surface area contributed by atoms with Crippen LogP contribution in [0.3, 0.4) is 0 Å². The third-order valence-electron chi connectivity index (χ3n) is 3.40. The maximum Gasteiger partial charge on any atom is 0.328 e. The number of aliphatic carboxylic acids is 1. The smallest absolute Gasteiger partial charge is 0.328 e. The Morgan fingerprint density at radius 1 is 1.27 bits per heavy atom. The topological polar surface area (TPSA) is 110 Å². The van der Waals surface area contributed by atoms with Crippen LogP contribution >= 0.6 is 0 Å². The molecule has 0 aliphatic carbocycles. The Morgan fingerprint density at radius 3 is 2.68 bits per heavy atom. The Hall–Kier alpha value is -2.81. The van der Waals surface area contributed by atoms with Crippen molar-refractivity contribution in [3.8, 4) is 5.69 Å². The molecule has 0 saturated carbocycles. The average Bonchev–Trinajstić information content (AvgIpc) is 3.09. The van der Waals surface area contributed by atoms with Crippen LogP contribution in [0.15, 0.2) is 30.6 Å². The highest BCUT2D eigenvalue weighted by molar-refractivity contribution is 5.96. The van der Waals surface area contributed by atoms with Gasteiger partial charge in [0.05, 0.1) is 18.9 Å². The zero-order valence-electron chi connectivity index (χ0n) is 11.5. The lowest BCUT2D eigenvalue weighted by atomic mass is 10.1. The quantitative estimate of drug-likeness (QED) is 0.820. The number of benzene rings is 1. The summed E-state index contributed by atoms with van der Waals surface area (Å²) in [5.74, 6) is -1.41. The molecule has 1 aliphatic heterocycles. The molecule has 0 spiro atoms. The Kier molecular flexibility index (Phi) is 3.79. The van der Waals surface area contributed by atoms with E-state index in [1.54, 1.807) is 24.3 Å². The zero-order chi connectivity index (χ0) is 15.5. The first kappa shape index (κ1) is 14.1. The van der Waals surface area contributed by atoms with Gasteiger partial charge >= 0.3 is 5.97 Å². The molecule has 3 rings (SSSR count). The molecular weight excluding hydrogens is 290 g/mol. The first-order valence-electron chi connectivity index (χ1n) is 6.62. The van der Waals surface area contributed by atoms with Gasteiger partial charge in [-0.3, -0.25) is 4.79 Å². The van der Waals surface area contributed by atoms with E-state index in [2.05, 4.69) is 15.5 Å². The molecule has 9 heteroatoms. The first-order valence-corrected chi connectivity index (χ1v) is 6.62. The van der Waals surface area contributed by atoms with Crippen LogP contribution < -0.4 is 0 Å². The number of morpholine rings is 1. The third-order valence-corrected chi connectivity index (χ3v) is 3.40. The standard InChI is InChI=1S/C13H13N5O4/c19-12(17-5-6-22-7-11(17)13(20)21)9-1-3-10(4-2-9)18-8-14-15-16-18/h1-4,8,11H,5-7H2,(H,20,21). The van der Waals surface area contributed by atoms with Crippen LogP contribution in [0, 0.1) is 0 Å². The van der Waals surface area contributed by atoms with Crippen LogP contribution in [-0.4, -0.2) is 67.9 Å². The van der Waals surface area contributed by atoms with Gasteiger partial charge in [-0.15, -0.1) is 5.10 Å². The van der Waals surface area contributed by atoms with Crippen molar-refractivity contribution in [1.29, 1.82) is 0 Å². The summed E-state index contributed by atoms with van der Waals surface area (Å²) in [6, 6.07) is 5.67. The number of nitrogens with zero attached hydrogens (tertiary/aromatic N) is 5. The van der Waals surface area contributed by atoms with Crippen molar-refractivity contribution in [1.82, 2.24) is 25.1 Å². The summed E-state index contributed by atoms with van der Waals surface area (Å²) in [5, 5.41) is 20.0. The van der Waals surface area contributed by atoms with Crippen molar-refractivity contribution in [3.63, 3.8) is 0 Å². The number of rotatable bonds is 3. The molecule has 22 heavy (non-hydrogen) atoms. The van der Waals surface area contributed by atoms with Crippen LogP contribution in [-0.2, 0) is 9.53 Å². The molecule has 2 aromatic rings. The van der Waals surface area contributed by atoms with Gasteiger partial charge in [-0.25, -0.2) is 9.48 Å². The fourth-order valence-electron chi connectivity index (χ4n) is 2.25. The Labute approximate surface area is 125 Å². The van der Waals surface area contributed by atoms with E-state index in [9.17, 15) is 14.7 Å². The summed E-state index contributed by atoms with van der Waals surface area (Å²) in [7, 11) is 0. The minimum atomic E-state index is -1.07. The molecule has 1 N–H and O–H groups in total. The minimum absolute atomic E-state index is 0.00375. The van der Waals surface area contributed by atoms with Gasteiger partial charge in [0.15, 0.2) is 6.04 Å². The lowest BCUT2D eigenvalue weighted by Gasteiger charge is -2.32. The van der Waals surface area contributed by atoms with E-state index in [4.69, 9.17) is 4.74 Å². The summed E-state index contributed by atoms with van der Waals surface area (Å²) in [4.78, 5) is 25.0. The first-order chi connectivity index (χ1) is 10.7. The maximum absolute atomic E-state index is 12.5. The predicted octanol–water partition coefficient (Wildman–Crippen LogP) is -0.412. The molecular formula is C13H13N5O4. The summed E-state index contributed by atoms with van der Waals surface area (Å²) >= 11 is 0. The SMILES string of the molecule is O=C(O)C1COCCN1C(=O)c1ccc(-n2cnnn2)cc1. The Morgan fingerprint density at radius 2 is 2.05 bits per heavy atom. The van der Waals surface area contributed by atoms with E-state index in [-0.39, 0.29) is 19.1 Å². The zero-order valence-corrected chi connectivity index (χ0v) is 11.5. The van der Waals surface area contributed by atoms with Crippen molar-refractivity contribution >= 4 is 11.9 Å². The highest BCUT2D eigenvalue weighted by atomic mass is 16.5. The van der Waals surface area contributed by atoms with Gasteiger partial charge in [0, 0.05) is 12.1 Å². The number of ether oxygens (including phenoxy) is 1. The van der Waals surface area contributed by atoms with Crippen molar-refractivity contribution in [3.05, 3.63) is 36.2 Å². The normalized spacial score (nSPS) is 18.2. The third kappa shape index (κ3) is 2.66. The summed E-state index contributed by atoms with van der Waals surface area (Å²) in [6.45, 7) is 0.590. The van der Waals surface area contributed by atoms with Crippen LogP contribution in [0.25, 0.3) is 5.69 Å². The fraction of sp³-hybridized carbons (Fsp3) is 0.308. The van der Waals surface area contributed by atoms with E-state index in [0.717, 1.165) is 0 Å². The maximum atomic E-state index is 12.5. The molecule has 0 bridgehead atoms. The number of amides is 1. The lowest BCUT2D eigenvalue weighted by molar-refractivity contribution is -0.147. The molecule has 1 amide bonds. The molecule has 9 nitrogen and oxygen atoms in total. The molecule has 2 heterocycles. The molecule has 1 aromatic heterocycles. The van der Waals surface area contributed by atoms with Gasteiger partial charge in [-0.1, -0.05) is 0 Å². The van der Waals surface area contributed by atoms with Crippen molar-refractivity contribution < 1.29 is 19.4 Å². The van der Waals surface area contributed by atoms with E-state index < -0.39 is 12.0 Å². The second kappa shape index (κ2) is 5.90. The number of hydrogen-bond acceptors (Lipinski definition) is 6. The van der Waals surface area contributed by atoms with E-state index in [1.165, 1.54) is 15.9 Å². The Balaban J connectivity index is 1.81. The Bertz CT molecular complexity index is 670. The second-order valence-electron chi connectivity index (χ2n) is 4.73. The van der Waals surface area contributed by atoms with Gasteiger partial charge in [0.2, 0.25) is 0 Å². The highest BCUT2D eigenvalue weighted by Crippen LogP contribution is 2.15. The molecule has 0 radical (unpaired) electrons. The number of tetrazole rings is 1. The molecule has 1 unspecified atom stereocenters. The van der Waals surface area contributed by atoms with Gasteiger partial charge in [0.1, 0.15) is 6.33 Å². The van der Waals surface area contributed by atoms with Crippen LogP contribution in [0.4, 0.5) is 0 Å². The summed E-state index contributed by atoms with van der Waals surface area (Å²) < 4.78 is 6.59. The van der Waals surface area contributed by atoms with Gasteiger partial charge in [-0.05, 0) is 34.7 Å². The van der Waals surface area contributed by atoms with E-state index >= 15 is 0 Å². The van der Waals surface area contributed by atoms with Crippen molar-refractivity contribution in [2.75, 3.05) is 19.8 Å². The number of carboxylic acids is 1. The minimum Gasteiger partial charge on any atom is -0.480 e. The number of aromatic nitrogens is 4. The van der Waals surface area contributed by atoms with Crippen molar-refractivity contribution in [2.45, 2.75) is 6.04 Å². The van der Waals surface area contributed by atoms with E-state index in [0.29, 0.717) is 17.9 Å². The molecule has 1 atom stereocenters. The molecule has 1 fully saturated rings. The lowest BCUT2D eigenvalue weighted by Crippen LogP contribution is -2.52. The van der Waals surface area contributed by atoms with E-state index in [1.807, 2.05) is 0 Å². The average molecular weight is 303 g/mol. The van der Waals surface area contributed by atoms with Gasteiger partial charge in [0.25, 0.3) is 5.91 Å². The van der Waals surface area contributed by atoms with Gasteiger partial charge < -0.3 is 14.7 Å². The second-order valence-corrected chi connectivity index (χ2v) is 4.73. The number of hydrogen-bond donors (Lipinski definition) is 1. The summed E-state index contributed by atoms with van der Waals surface area (Å²) in [6.07, 6.45) is 1.44. The fourth-order valence-corrected chi connectivity index (χ4v) is 2.25. The molecule has 1 aliphatic rings. The van der Waals surface area contributed by atoms with Crippen molar-refractivity contribution in [2.24, 2.45) is 0 Å². The summed E-state index contributed by atoms with van der Waals surface area (Å²) in [5.41, 5.74) is 1.11. The largest absolute Gasteiger partial charge is 0.480 e. The molecule has 1 aromatic carbocycles.